The first-order valence-electron chi connectivity index (χ1n) is 10.5. The van der Waals surface area contributed by atoms with E-state index in [1.54, 1.807) is 14.2 Å². The number of rotatable bonds is 7. The molecule has 4 aromatic rings. The quantitative estimate of drug-likeness (QED) is 0.454. The number of anilines is 1. The van der Waals surface area contributed by atoms with Crippen LogP contribution in [0.1, 0.15) is 22.5 Å². The number of methoxy groups -OCH3 is 2. The highest BCUT2D eigenvalue weighted by atomic mass is 16.5. The van der Waals surface area contributed by atoms with Gasteiger partial charge in [0, 0.05) is 12.1 Å². The summed E-state index contributed by atoms with van der Waals surface area (Å²) in [6, 6.07) is 19.7. The lowest BCUT2D eigenvalue weighted by Crippen LogP contribution is -2.21. The number of imidazole rings is 1. The van der Waals surface area contributed by atoms with Crippen molar-refractivity contribution in [3.8, 4) is 11.5 Å². The van der Waals surface area contributed by atoms with Gasteiger partial charge in [-0.2, -0.15) is 0 Å². The summed E-state index contributed by atoms with van der Waals surface area (Å²) in [6.45, 7) is 4.17. The van der Waals surface area contributed by atoms with Gasteiger partial charge in [-0.25, -0.2) is 4.98 Å². The van der Waals surface area contributed by atoms with Gasteiger partial charge in [0.05, 0.1) is 25.3 Å². The summed E-state index contributed by atoms with van der Waals surface area (Å²) in [6.07, 6.45) is 0.561. The maximum Gasteiger partial charge on any atom is 0.244 e. The van der Waals surface area contributed by atoms with E-state index >= 15 is 0 Å². The van der Waals surface area contributed by atoms with Crippen molar-refractivity contribution in [3.63, 3.8) is 0 Å². The van der Waals surface area contributed by atoms with E-state index in [2.05, 4.69) is 5.32 Å². The van der Waals surface area contributed by atoms with Gasteiger partial charge in [0.25, 0.3) is 0 Å². The van der Waals surface area contributed by atoms with E-state index in [1.807, 2.05) is 79.1 Å². The van der Waals surface area contributed by atoms with Gasteiger partial charge in [0.2, 0.25) is 5.91 Å². The van der Waals surface area contributed by atoms with Crippen LogP contribution in [0.25, 0.3) is 11.0 Å². The van der Waals surface area contributed by atoms with E-state index in [1.165, 1.54) is 0 Å². The van der Waals surface area contributed by atoms with Crippen molar-refractivity contribution >= 4 is 22.6 Å². The molecule has 6 heteroatoms. The fourth-order valence-corrected chi connectivity index (χ4v) is 3.94. The number of hydrogen-bond donors (Lipinski definition) is 1. The molecule has 6 nitrogen and oxygen atoms in total. The van der Waals surface area contributed by atoms with Crippen molar-refractivity contribution in [2.24, 2.45) is 0 Å². The molecule has 0 atom stereocenters. The molecule has 1 heterocycles. The van der Waals surface area contributed by atoms with E-state index in [0.29, 0.717) is 17.9 Å². The summed E-state index contributed by atoms with van der Waals surface area (Å²) in [5.74, 6) is 2.08. The molecule has 1 amide bonds. The number of aromatic nitrogens is 2. The first-order chi connectivity index (χ1) is 15.5. The zero-order valence-electron chi connectivity index (χ0n) is 18.8. The minimum atomic E-state index is -0.0842. The third kappa shape index (κ3) is 4.30. The second kappa shape index (κ2) is 9.14. The molecule has 1 aromatic heterocycles. The topological polar surface area (TPSA) is 65.4 Å². The monoisotopic (exact) mass is 429 g/mol. The standard InChI is InChI=1S/C26H27N3O3/c1-17-8-7-9-18(2)26(17)28-25(30)16-29-21-11-6-5-10-20(21)27-24(29)15-19-12-13-22(31-3)23(14-19)32-4/h5-14H,15-16H2,1-4H3,(H,28,30). The van der Waals surface area contributed by atoms with Gasteiger partial charge < -0.3 is 19.4 Å². The Labute approximate surface area is 187 Å². The Hall–Kier alpha value is -3.80. The number of amides is 1. The molecule has 0 aliphatic rings. The summed E-state index contributed by atoms with van der Waals surface area (Å²) in [4.78, 5) is 17.8. The van der Waals surface area contributed by atoms with Crippen LogP contribution in [0.3, 0.4) is 0 Å². The lowest BCUT2D eigenvalue weighted by Gasteiger charge is -2.14. The fourth-order valence-electron chi connectivity index (χ4n) is 3.94. The van der Waals surface area contributed by atoms with Gasteiger partial charge in [-0.05, 0) is 54.8 Å². The Morgan fingerprint density at radius 3 is 2.38 bits per heavy atom. The Kier molecular flexibility index (Phi) is 6.12. The molecule has 0 aliphatic heterocycles. The summed E-state index contributed by atoms with van der Waals surface area (Å²) in [7, 11) is 3.24. The number of carbonyl (C=O) groups excluding carboxylic acids is 1. The lowest BCUT2D eigenvalue weighted by molar-refractivity contribution is -0.116. The normalized spacial score (nSPS) is 10.9. The smallest absolute Gasteiger partial charge is 0.244 e. The van der Waals surface area contributed by atoms with Gasteiger partial charge in [0.1, 0.15) is 12.4 Å². The first kappa shape index (κ1) is 21.4. The summed E-state index contributed by atoms with van der Waals surface area (Å²) >= 11 is 0. The van der Waals surface area contributed by atoms with E-state index in [-0.39, 0.29) is 12.5 Å². The highest BCUT2D eigenvalue weighted by molar-refractivity contribution is 5.93. The third-order valence-electron chi connectivity index (χ3n) is 5.59. The van der Waals surface area contributed by atoms with Crippen molar-refractivity contribution in [3.05, 3.63) is 83.2 Å². The number of benzene rings is 3. The molecular formula is C26H27N3O3. The second-order valence-electron chi connectivity index (χ2n) is 7.78. The number of aryl methyl sites for hydroxylation is 2. The average Bonchev–Trinajstić information content (AvgIpc) is 3.13. The predicted molar refractivity (Wildman–Crippen MR) is 127 cm³/mol. The molecule has 0 saturated carbocycles. The van der Waals surface area contributed by atoms with Gasteiger partial charge in [-0.1, -0.05) is 36.4 Å². The number of hydrogen-bond acceptors (Lipinski definition) is 4. The van der Waals surface area contributed by atoms with Crippen LogP contribution in [-0.4, -0.2) is 29.7 Å². The Morgan fingerprint density at radius 2 is 1.66 bits per heavy atom. The highest BCUT2D eigenvalue weighted by Gasteiger charge is 2.16. The van der Waals surface area contributed by atoms with Crippen LogP contribution in [0.15, 0.2) is 60.7 Å². The number of ether oxygens (including phenoxy) is 2. The van der Waals surface area contributed by atoms with Crippen molar-refractivity contribution in [2.75, 3.05) is 19.5 Å². The molecule has 0 spiro atoms. The van der Waals surface area contributed by atoms with Crippen molar-refractivity contribution in [2.45, 2.75) is 26.8 Å². The minimum absolute atomic E-state index is 0.0842. The summed E-state index contributed by atoms with van der Waals surface area (Å²) in [5, 5.41) is 3.08. The molecule has 164 valence electrons. The summed E-state index contributed by atoms with van der Waals surface area (Å²) < 4.78 is 12.8. The minimum Gasteiger partial charge on any atom is -0.493 e. The van der Waals surface area contributed by atoms with Crippen LogP contribution in [-0.2, 0) is 17.8 Å². The molecule has 0 fully saturated rings. The van der Waals surface area contributed by atoms with Gasteiger partial charge in [-0.3, -0.25) is 4.79 Å². The summed E-state index contributed by atoms with van der Waals surface area (Å²) in [5.41, 5.74) is 5.76. The number of carbonyl (C=O) groups is 1. The van der Waals surface area contributed by atoms with Gasteiger partial charge in [0.15, 0.2) is 11.5 Å². The maximum absolute atomic E-state index is 13.0. The van der Waals surface area contributed by atoms with Crippen molar-refractivity contribution in [1.29, 1.82) is 0 Å². The predicted octanol–water partition coefficient (Wildman–Crippen LogP) is 4.90. The molecule has 0 unspecified atom stereocenters. The van der Waals surface area contributed by atoms with Crippen LogP contribution < -0.4 is 14.8 Å². The average molecular weight is 430 g/mol. The molecule has 3 aromatic carbocycles. The zero-order chi connectivity index (χ0) is 22.7. The Morgan fingerprint density at radius 1 is 0.938 bits per heavy atom. The fraction of sp³-hybridized carbons (Fsp3) is 0.231. The molecule has 4 rings (SSSR count). The Balaban J connectivity index is 1.66. The molecule has 0 aliphatic carbocycles. The van der Waals surface area contributed by atoms with E-state index in [4.69, 9.17) is 14.5 Å². The van der Waals surface area contributed by atoms with Gasteiger partial charge in [-0.15, -0.1) is 0 Å². The van der Waals surface area contributed by atoms with Crippen LogP contribution in [0, 0.1) is 13.8 Å². The maximum atomic E-state index is 13.0. The molecule has 0 radical (unpaired) electrons. The van der Waals surface area contributed by atoms with Crippen LogP contribution in [0.4, 0.5) is 5.69 Å². The second-order valence-corrected chi connectivity index (χ2v) is 7.78. The zero-order valence-corrected chi connectivity index (χ0v) is 18.8. The Bertz CT molecular complexity index is 1260. The molecule has 1 N–H and O–H groups in total. The third-order valence-corrected chi connectivity index (χ3v) is 5.59. The van der Waals surface area contributed by atoms with Crippen LogP contribution in [0.2, 0.25) is 0 Å². The SMILES string of the molecule is COc1ccc(Cc2nc3ccccc3n2CC(=O)Nc2c(C)cccc2C)cc1OC. The number of nitrogens with zero attached hydrogens (tertiary/aromatic N) is 2. The van der Waals surface area contributed by atoms with Crippen LogP contribution >= 0.6 is 0 Å². The number of nitrogens with one attached hydrogen (secondary N) is 1. The van der Waals surface area contributed by atoms with E-state index in [0.717, 1.165) is 39.2 Å². The van der Waals surface area contributed by atoms with E-state index < -0.39 is 0 Å². The highest BCUT2D eigenvalue weighted by Crippen LogP contribution is 2.29. The number of para-hydroxylation sites is 3. The van der Waals surface area contributed by atoms with E-state index in [9.17, 15) is 4.79 Å². The lowest BCUT2D eigenvalue weighted by atomic mass is 10.1. The van der Waals surface area contributed by atoms with Crippen molar-refractivity contribution in [1.82, 2.24) is 9.55 Å². The molecule has 32 heavy (non-hydrogen) atoms. The number of fused-ring (bicyclic) bond motifs is 1. The molecule has 0 saturated heterocycles. The first-order valence-corrected chi connectivity index (χ1v) is 10.5. The largest absolute Gasteiger partial charge is 0.493 e. The van der Waals surface area contributed by atoms with Crippen molar-refractivity contribution < 1.29 is 14.3 Å². The molecular weight excluding hydrogens is 402 g/mol. The molecule has 0 bridgehead atoms. The van der Waals surface area contributed by atoms with Crippen LogP contribution in [0.5, 0.6) is 11.5 Å². The van der Waals surface area contributed by atoms with Gasteiger partial charge >= 0.3 is 0 Å².